The predicted octanol–water partition coefficient (Wildman–Crippen LogP) is 4.24. The smallest absolute Gasteiger partial charge is 0.255 e. The molecule has 2 atom stereocenters. The number of anilines is 2. The van der Waals surface area contributed by atoms with E-state index in [9.17, 15) is 14.4 Å². The molecular weight excluding hydrogens is 352 g/mol. The first-order chi connectivity index (χ1) is 13.5. The van der Waals surface area contributed by atoms with E-state index in [0.29, 0.717) is 11.3 Å². The molecule has 1 saturated carbocycles. The first-order valence-corrected chi connectivity index (χ1v) is 9.83. The minimum absolute atomic E-state index is 0.123. The van der Waals surface area contributed by atoms with Gasteiger partial charge in [-0.1, -0.05) is 31.0 Å². The summed E-state index contributed by atoms with van der Waals surface area (Å²) >= 11 is 0. The van der Waals surface area contributed by atoms with Crippen molar-refractivity contribution in [2.45, 2.75) is 39.5 Å². The van der Waals surface area contributed by atoms with Gasteiger partial charge in [0.15, 0.2) is 0 Å². The Morgan fingerprint density at radius 2 is 1.61 bits per heavy atom. The number of hydrogen-bond donors (Lipinski definition) is 1. The normalized spacial score (nSPS) is 21.6. The van der Waals surface area contributed by atoms with Crippen molar-refractivity contribution in [1.82, 2.24) is 0 Å². The lowest BCUT2D eigenvalue weighted by Gasteiger charge is -2.19. The molecule has 5 heteroatoms. The maximum atomic E-state index is 12.8. The van der Waals surface area contributed by atoms with E-state index < -0.39 is 0 Å². The third kappa shape index (κ3) is 3.11. The molecule has 2 aliphatic rings. The molecule has 0 bridgehead atoms. The number of fused-ring (bicyclic) bond motifs is 1. The highest BCUT2D eigenvalue weighted by Crippen LogP contribution is 2.40. The molecule has 2 aromatic rings. The number of hydrogen-bond acceptors (Lipinski definition) is 3. The number of amides is 3. The van der Waals surface area contributed by atoms with Crippen LogP contribution in [0.5, 0.6) is 0 Å². The highest BCUT2D eigenvalue weighted by molar-refractivity contribution is 6.22. The maximum absolute atomic E-state index is 12.8. The molecule has 4 rings (SSSR count). The third-order valence-corrected chi connectivity index (χ3v) is 6.06. The van der Waals surface area contributed by atoms with Crippen LogP contribution in [-0.2, 0) is 9.59 Å². The van der Waals surface area contributed by atoms with E-state index in [0.717, 1.165) is 42.5 Å². The summed E-state index contributed by atoms with van der Waals surface area (Å²) in [4.78, 5) is 39.7. The average molecular weight is 376 g/mol. The molecule has 5 nitrogen and oxygen atoms in total. The zero-order chi connectivity index (χ0) is 19.8. The summed E-state index contributed by atoms with van der Waals surface area (Å²) in [5, 5.41) is 2.93. The first kappa shape index (κ1) is 18.4. The maximum Gasteiger partial charge on any atom is 0.255 e. The van der Waals surface area contributed by atoms with Crippen molar-refractivity contribution in [2.24, 2.45) is 11.8 Å². The third-order valence-electron chi connectivity index (χ3n) is 6.06. The number of aryl methyl sites for hydroxylation is 1. The Morgan fingerprint density at radius 3 is 2.29 bits per heavy atom. The van der Waals surface area contributed by atoms with Crippen molar-refractivity contribution in [3.8, 4) is 0 Å². The molecule has 0 spiro atoms. The van der Waals surface area contributed by atoms with Crippen LogP contribution in [0.3, 0.4) is 0 Å². The molecule has 0 radical (unpaired) electrons. The molecule has 1 saturated heterocycles. The largest absolute Gasteiger partial charge is 0.322 e. The summed E-state index contributed by atoms with van der Waals surface area (Å²) in [6.07, 6.45) is 3.54. The fourth-order valence-electron chi connectivity index (χ4n) is 4.28. The van der Waals surface area contributed by atoms with Crippen LogP contribution in [0.4, 0.5) is 11.4 Å². The van der Waals surface area contributed by atoms with Crippen molar-refractivity contribution in [1.29, 1.82) is 0 Å². The standard InChI is InChI=1S/C23H24N2O3/c1-14-7-5-12-20(15(14)2)24-21(26)16-8-6-9-17(13-16)25-22(27)18-10-3-4-11-19(18)23(25)28/h5-9,12-13,18-19H,3-4,10-11H2,1-2H3,(H,24,26)/t18-,19+. The van der Waals surface area contributed by atoms with Crippen molar-refractivity contribution >= 4 is 29.1 Å². The van der Waals surface area contributed by atoms with Gasteiger partial charge in [0.25, 0.3) is 5.91 Å². The Balaban J connectivity index is 1.59. The van der Waals surface area contributed by atoms with Gasteiger partial charge in [-0.3, -0.25) is 19.3 Å². The second kappa shape index (κ2) is 7.23. The SMILES string of the molecule is Cc1cccc(NC(=O)c2cccc(N3C(=O)[C@H]4CCCC[C@H]4C3=O)c2)c1C. The number of rotatable bonds is 3. The Kier molecular flexibility index (Phi) is 4.75. The molecule has 1 N–H and O–H groups in total. The van der Waals surface area contributed by atoms with Crippen LogP contribution in [0.2, 0.25) is 0 Å². The van der Waals surface area contributed by atoms with Crippen molar-refractivity contribution in [3.63, 3.8) is 0 Å². The molecule has 1 aliphatic heterocycles. The summed E-state index contributed by atoms with van der Waals surface area (Å²) in [6.45, 7) is 3.96. The molecule has 28 heavy (non-hydrogen) atoms. The topological polar surface area (TPSA) is 66.5 Å². The highest BCUT2D eigenvalue weighted by atomic mass is 16.2. The van der Waals surface area contributed by atoms with Crippen LogP contribution < -0.4 is 10.2 Å². The Labute approximate surface area is 164 Å². The van der Waals surface area contributed by atoms with Crippen LogP contribution in [0.15, 0.2) is 42.5 Å². The molecule has 1 aliphatic carbocycles. The molecule has 0 aromatic heterocycles. The minimum atomic E-state index is -0.257. The number of benzene rings is 2. The zero-order valence-electron chi connectivity index (χ0n) is 16.2. The van der Waals surface area contributed by atoms with Crippen molar-refractivity contribution in [2.75, 3.05) is 10.2 Å². The lowest BCUT2D eigenvalue weighted by Crippen LogP contribution is -2.31. The van der Waals surface area contributed by atoms with Gasteiger partial charge in [0, 0.05) is 11.3 Å². The van der Waals surface area contributed by atoms with E-state index in [2.05, 4.69) is 5.32 Å². The van der Waals surface area contributed by atoms with E-state index in [-0.39, 0.29) is 29.6 Å². The number of nitrogens with zero attached hydrogens (tertiary/aromatic N) is 1. The second-order valence-electron chi connectivity index (χ2n) is 7.76. The summed E-state index contributed by atoms with van der Waals surface area (Å²) in [5.74, 6) is -0.905. The van der Waals surface area contributed by atoms with Gasteiger partial charge < -0.3 is 5.32 Å². The van der Waals surface area contributed by atoms with Crippen molar-refractivity contribution < 1.29 is 14.4 Å². The van der Waals surface area contributed by atoms with Gasteiger partial charge >= 0.3 is 0 Å². The minimum Gasteiger partial charge on any atom is -0.322 e. The summed E-state index contributed by atoms with van der Waals surface area (Å²) in [6, 6.07) is 12.5. The summed E-state index contributed by atoms with van der Waals surface area (Å²) in [5.41, 5.74) is 3.78. The highest BCUT2D eigenvalue weighted by Gasteiger charge is 2.48. The molecule has 2 aromatic carbocycles. The lowest BCUT2D eigenvalue weighted by molar-refractivity contribution is -0.122. The Bertz CT molecular complexity index is 942. The van der Waals surface area contributed by atoms with Gasteiger partial charge in [-0.2, -0.15) is 0 Å². The van der Waals surface area contributed by atoms with Crippen molar-refractivity contribution in [3.05, 3.63) is 59.2 Å². The summed E-state index contributed by atoms with van der Waals surface area (Å²) in [7, 11) is 0. The van der Waals surface area contributed by atoms with Gasteiger partial charge in [0.05, 0.1) is 17.5 Å². The van der Waals surface area contributed by atoms with Gasteiger partial charge in [0.2, 0.25) is 11.8 Å². The molecule has 0 unspecified atom stereocenters. The quantitative estimate of drug-likeness (QED) is 0.815. The van der Waals surface area contributed by atoms with Gasteiger partial charge in [-0.15, -0.1) is 0 Å². The zero-order valence-corrected chi connectivity index (χ0v) is 16.2. The van der Waals surface area contributed by atoms with E-state index in [4.69, 9.17) is 0 Å². The summed E-state index contributed by atoms with van der Waals surface area (Å²) < 4.78 is 0. The monoisotopic (exact) mass is 376 g/mol. The first-order valence-electron chi connectivity index (χ1n) is 9.83. The van der Waals surface area contributed by atoms with Gasteiger partial charge in [-0.05, 0) is 62.1 Å². The Hall–Kier alpha value is -2.95. The van der Waals surface area contributed by atoms with E-state index >= 15 is 0 Å². The Morgan fingerprint density at radius 1 is 0.964 bits per heavy atom. The number of imide groups is 1. The van der Waals surface area contributed by atoms with Crippen LogP contribution in [0, 0.1) is 25.7 Å². The predicted molar refractivity (Wildman–Crippen MR) is 108 cm³/mol. The molecule has 3 amide bonds. The number of carbonyl (C=O) groups excluding carboxylic acids is 3. The second-order valence-corrected chi connectivity index (χ2v) is 7.76. The van der Waals surface area contributed by atoms with E-state index in [1.54, 1.807) is 24.3 Å². The number of carbonyl (C=O) groups is 3. The van der Waals surface area contributed by atoms with Crippen LogP contribution in [-0.4, -0.2) is 17.7 Å². The molecule has 1 heterocycles. The van der Waals surface area contributed by atoms with E-state index in [1.807, 2.05) is 32.0 Å². The van der Waals surface area contributed by atoms with Crippen LogP contribution in [0.1, 0.15) is 47.2 Å². The van der Waals surface area contributed by atoms with Crippen LogP contribution >= 0.6 is 0 Å². The van der Waals surface area contributed by atoms with E-state index in [1.165, 1.54) is 4.90 Å². The molecular formula is C23H24N2O3. The molecule has 144 valence electrons. The van der Waals surface area contributed by atoms with Gasteiger partial charge in [0.1, 0.15) is 0 Å². The van der Waals surface area contributed by atoms with Gasteiger partial charge in [-0.25, -0.2) is 0 Å². The lowest BCUT2D eigenvalue weighted by atomic mass is 9.81. The van der Waals surface area contributed by atoms with Crippen LogP contribution in [0.25, 0.3) is 0 Å². The number of nitrogens with one attached hydrogen (secondary N) is 1. The molecule has 2 fully saturated rings. The fourth-order valence-corrected chi connectivity index (χ4v) is 4.28. The fraction of sp³-hybridized carbons (Fsp3) is 0.348. The average Bonchev–Trinajstić information content (AvgIpc) is 2.96.